The standard InChI is InChI=1S/C24H24N4O3S/c1-5-11-28-23(20-13-17-7-6-8-19(30-4)22(17)31-20)26-27-24(28)32-14-21(29)25-18-12-15(2)9-10-16(18)3/h5-10,12-13H,1,11,14H2,2-4H3,(H,25,29). The van der Waals surface area contributed by atoms with E-state index in [0.29, 0.717) is 34.6 Å². The van der Waals surface area contributed by atoms with Gasteiger partial charge in [-0.1, -0.05) is 42.1 Å². The van der Waals surface area contributed by atoms with Crippen molar-refractivity contribution in [1.29, 1.82) is 0 Å². The summed E-state index contributed by atoms with van der Waals surface area (Å²) in [4.78, 5) is 12.5. The second-order valence-corrected chi connectivity index (χ2v) is 8.29. The zero-order chi connectivity index (χ0) is 22.7. The monoisotopic (exact) mass is 448 g/mol. The Kier molecular flexibility index (Phi) is 6.32. The number of rotatable bonds is 8. The van der Waals surface area contributed by atoms with Crippen molar-refractivity contribution in [3.8, 4) is 17.3 Å². The number of thioether (sulfide) groups is 1. The summed E-state index contributed by atoms with van der Waals surface area (Å²) in [6.45, 7) is 8.29. The molecule has 0 atom stereocenters. The van der Waals surface area contributed by atoms with Crippen molar-refractivity contribution >= 4 is 34.3 Å². The number of hydrogen-bond acceptors (Lipinski definition) is 6. The second-order valence-electron chi connectivity index (χ2n) is 7.35. The number of carbonyl (C=O) groups excluding carboxylic acids is 1. The zero-order valence-electron chi connectivity index (χ0n) is 18.2. The van der Waals surface area contributed by atoms with Crippen LogP contribution >= 0.6 is 11.8 Å². The molecule has 8 heteroatoms. The van der Waals surface area contributed by atoms with Gasteiger partial charge in [-0.3, -0.25) is 9.36 Å². The zero-order valence-corrected chi connectivity index (χ0v) is 19.0. The third-order valence-electron chi connectivity index (χ3n) is 4.98. The molecule has 0 bridgehead atoms. The van der Waals surface area contributed by atoms with E-state index in [0.717, 1.165) is 22.2 Å². The molecule has 2 aromatic carbocycles. The normalized spacial score (nSPS) is 11.0. The lowest BCUT2D eigenvalue weighted by atomic mass is 10.1. The molecule has 1 N–H and O–H groups in total. The molecule has 7 nitrogen and oxygen atoms in total. The van der Waals surface area contributed by atoms with Gasteiger partial charge < -0.3 is 14.5 Å². The predicted molar refractivity (Wildman–Crippen MR) is 127 cm³/mol. The fourth-order valence-corrected chi connectivity index (χ4v) is 4.11. The predicted octanol–water partition coefficient (Wildman–Crippen LogP) is 5.23. The smallest absolute Gasteiger partial charge is 0.234 e. The number of nitrogens with one attached hydrogen (secondary N) is 1. The summed E-state index contributed by atoms with van der Waals surface area (Å²) in [5.74, 6) is 1.90. The first-order valence-electron chi connectivity index (χ1n) is 10.1. The van der Waals surface area contributed by atoms with Crippen LogP contribution in [0.15, 0.2) is 64.7 Å². The fraction of sp³-hybridized carbons (Fsp3) is 0.208. The van der Waals surface area contributed by atoms with Gasteiger partial charge in [0.05, 0.1) is 12.9 Å². The summed E-state index contributed by atoms with van der Waals surface area (Å²) in [5, 5.41) is 13.1. The van der Waals surface area contributed by atoms with E-state index in [1.807, 2.05) is 60.9 Å². The lowest BCUT2D eigenvalue weighted by Crippen LogP contribution is -2.15. The number of benzene rings is 2. The second kappa shape index (κ2) is 9.32. The van der Waals surface area contributed by atoms with Crippen LogP contribution in [0, 0.1) is 13.8 Å². The third kappa shape index (κ3) is 4.40. The SMILES string of the molecule is C=CCn1c(SCC(=O)Nc2cc(C)ccc2C)nnc1-c1cc2cccc(OC)c2o1. The molecule has 2 aromatic heterocycles. The molecule has 164 valence electrons. The molecule has 4 aromatic rings. The van der Waals surface area contributed by atoms with Crippen molar-refractivity contribution in [3.05, 3.63) is 66.2 Å². The molecular formula is C24H24N4O3S. The van der Waals surface area contributed by atoms with Crippen LogP contribution < -0.4 is 10.1 Å². The van der Waals surface area contributed by atoms with Gasteiger partial charge in [0.25, 0.3) is 0 Å². The van der Waals surface area contributed by atoms with E-state index in [9.17, 15) is 4.79 Å². The van der Waals surface area contributed by atoms with Gasteiger partial charge in [-0.2, -0.15) is 0 Å². The number of hydrogen-bond donors (Lipinski definition) is 1. The Bertz CT molecular complexity index is 1290. The number of methoxy groups -OCH3 is 1. The summed E-state index contributed by atoms with van der Waals surface area (Å²) in [7, 11) is 1.61. The number of furan rings is 1. The number of fused-ring (bicyclic) bond motifs is 1. The Labute approximate surface area is 190 Å². The molecule has 0 spiro atoms. The van der Waals surface area contributed by atoms with E-state index in [2.05, 4.69) is 22.1 Å². The first kappa shape index (κ1) is 21.7. The van der Waals surface area contributed by atoms with E-state index < -0.39 is 0 Å². The molecule has 0 saturated heterocycles. The van der Waals surface area contributed by atoms with Crippen molar-refractivity contribution in [1.82, 2.24) is 14.8 Å². The van der Waals surface area contributed by atoms with E-state index in [1.165, 1.54) is 11.8 Å². The maximum atomic E-state index is 12.5. The van der Waals surface area contributed by atoms with Crippen LogP contribution in [-0.2, 0) is 11.3 Å². The highest BCUT2D eigenvalue weighted by Crippen LogP contribution is 2.34. The average Bonchev–Trinajstić information content (AvgIpc) is 3.38. The Morgan fingerprint density at radius 2 is 2.09 bits per heavy atom. The number of amides is 1. The van der Waals surface area contributed by atoms with Crippen LogP contribution in [0.3, 0.4) is 0 Å². The highest BCUT2D eigenvalue weighted by Gasteiger charge is 2.19. The molecule has 0 aliphatic rings. The number of allylic oxidation sites excluding steroid dienone is 1. The van der Waals surface area contributed by atoms with E-state index >= 15 is 0 Å². The van der Waals surface area contributed by atoms with Crippen LogP contribution in [0.2, 0.25) is 0 Å². The Morgan fingerprint density at radius 1 is 1.25 bits per heavy atom. The minimum atomic E-state index is -0.105. The van der Waals surface area contributed by atoms with Crippen molar-refractivity contribution in [2.75, 3.05) is 18.2 Å². The first-order valence-corrected chi connectivity index (χ1v) is 11.1. The molecule has 0 unspecified atom stereocenters. The van der Waals surface area contributed by atoms with Gasteiger partial charge in [-0.05, 0) is 43.2 Å². The number of para-hydroxylation sites is 1. The van der Waals surface area contributed by atoms with Crippen molar-refractivity contribution in [2.24, 2.45) is 0 Å². The molecule has 32 heavy (non-hydrogen) atoms. The molecule has 0 radical (unpaired) electrons. The largest absolute Gasteiger partial charge is 0.493 e. The summed E-state index contributed by atoms with van der Waals surface area (Å²) in [6.07, 6.45) is 1.76. The fourth-order valence-electron chi connectivity index (χ4n) is 3.37. The third-order valence-corrected chi connectivity index (χ3v) is 5.94. The average molecular weight is 449 g/mol. The van der Waals surface area contributed by atoms with Crippen LogP contribution in [-0.4, -0.2) is 33.5 Å². The molecule has 1 amide bonds. The quantitative estimate of drug-likeness (QED) is 0.293. The molecule has 0 saturated carbocycles. The summed E-state index contributed by atoms with van der Waals surface area (Å²) >= 11 is 1.32. The summed E-state index contributed by atoms with van der Waals surface area (Å²) in [5.41, 5.74) is 3.59. The highest BCUT2D eigenvalue weighted by atomic mass is 32.2. The summed E-state index contributed by atoms with van der Waals surface area (Å²) < 4.78 is 13.3. The maximum Gasteiger partial charge on any atom is 0.234 e. The number of ether oxygens (including phenoxy) is 1. The topological polar surface area (TPSA) is 82.2 Å². The maximum absolute atomic E-state index is 12.5. The van der Waals surface area contributed by atoms with Crippen LogP contribution in [0.5, 0.6) is 5.75 Å². The van der Waals surface area contributed by atoms with E-state index in [-0.39, 0.29) is 11.7 Å². The molecule has 0 aliphatic carbocycles. The number of nitrogens with zero attached hydrogens (tertiary/aromatic N) is 3. The van der Waals surface area contributed by atoms with Crippen LogP contribution in [0.4, 0.5) is 5.69 Å². The number of anilines is 1. The van der Waals surface area contributed by atoms with E-state index in [4.69, 9.17) is 9.15 Å². The van der Waals surface area contributed by atoms with Crippen molar-refractivity contribution in [2.45, 2.75) is 25.5 Å². The molecule has 0 fully saturated rings. The highest BCUT2D eigenvalue weighted by molar-refractivity contribution is 7.99. The lowest BCUT2D eigenvalue weighted by molar-refractivity contribution is -0.113. The van der Waals surface area contributed by atoms with Gasteiger partial charge >= 0.3 is 0 Å². The Morgan fingerprint density at radius 3 is 2.88 bits per heavy atom. The molecule has 0 aliphatic heterocycles. The van der Waals surface area contributed by atoms with Gasteiger partial charge in [0.1, 0.15) is 0 Å². The lowest BCUT2D eigenvalue weighted by Gasteiger charge is -2.09. The molecular weight excluding hydrogens is 424 g/mol. The molecule has 4 rings (SSSR count). The van der Waals surface area contributed by atoms with Gasteiger partial charge in [-0.15, -0.1) is 16.8 Å². The molecule has 2 heterocycles. The number of carbonyl (C=O) groups is 1. The van der Waals surface area contributed by atoms with Crippen molar-refractivity contribution < 1.29 is 13.9 Å². The van der Waals surface area contributed by atoms with Gasteiger partial charge in [0, 0.05) is 17.6 Å². The minimum absolute atomic E-state index is 0.105. The van der Waals surface area contributed by atoms with Gasteiger partial charge in [-0.25, -0.2) is 0 Å². The number of aryl methyl sites for hydroxylation is 2. The van der Waals surface area contributed by atoms with Gasteiger partial charge in [0.2, 0.25) is 11.7 Å². The van der Waals surface area contributed by atoms with Crippen molar-refractivity contribution in [3.63, 3.8) is 0 Å². The van der Waals surface area contributed by atoms with Gasteiger partial charge in [0.15, 0.2) is 22.2 Å². The Hall–Kier alpha value is -3.52. The minimum Gasteiger partial charge on any atom is -0.493 e. The number of aromatic nitrogens is 3. The van der Waals surface area contributed by atoms with E-state index in [1.54, 1.807) is 13.2 Å². The van der Waals surface area contributed by atoms with Crippen LogP contribution in [0.25, 0.3) is 22.6 Å². The Balaban J connectivity index is 1.55. The first-order chi connectivity index (χ1) is 15.5. The summed E-state index contributed by atoms with van der Waals surface area (Å²) in [6, 6.07) is 13.6. The van der Waals surface area contributed by atoms with Crippen LogP contribution in [0.1, 0.15) is 11.1 Å².